The van der Waals surface area contributed by atoms with Crippen LogP contribution in [-0.2, 0) is 4.79 Å². The highest BCUT2D eigenvalue weighted by Crippen LogP contribution is 2.32. The van der Waals surface area contributed by atoms with E-state index in [2.05, 4.69) is 17.2 Å². The van der Waals surface area contributed by atoms with Crippen LogP contribution in [0.4, 0.5) is 5.69 Å². The fraction of sp³-hybridized carbons (Fsp3) is 0.0556. The molecule has 2 aromatic rings. The molecule has 1 heterocycles. The number of anilines is 1. The van der Waals surface area contributed by atoms with Crippen LogP contribution in [0, 0.1) is 0 Å². The normalized spacial score (nSPS) is 13.9. The van der Waals surface area contributed by atoms with Crippen molar-refractivity contribution in [3.8, 4) is 0 Å². The van der Waals surface area contributed by atoms with Gasteiger partial charge < -0.3 is 16.4 Å². The Bertz CT molecular complexity index is 861. The second kappa shape index (κ2) is 6.69. The van der Waals surface area contributed by atoms with Crippen molar-refractivity contribution in [3.05, 3.63) is 75.9 Å². The van der Waals surface area contributed by atoms with Gasteiger partial charge in [0.2, 0.25) is 5.91 Å². The molecule has 122 valence electrons. The number of nitrogens with one attached hydrogen (secondary N) is 2. The number of hydrogen-bond acceptors (Lipinski definition) is 3. The van der Waals surface area contributed by atoms with Gasteiger partial charge in [-0.1, -0.05) is 41.9 Å². The van der Waals surface area contributed by atoms with Crippen molar-refractivity contribution in [2.24, 2.45) is 5.73 Å². The number of carbonyl (C=O) groups is 1. The molecule has 1 aliphatic heterocycles. The molecule has 1 unspecified atom stereocenters. The Morgan fingerprint density at radius 3 is 2.79 bits per heavy atom. The van der Waals surface area contributed by atoms with E-state index in [0.29, 0.717) is 21.3 Å². The summed E-state index contributed by atoms with van der Waals surface area (Å²) in [6.45, 7) is 3.92. The molecule has 6 heteroatoms. The lowest BCUT2D eigenvalue weighted by molar-refractivity contribution is -0.117. The van der Waals surface area contributed by atoms with Crippen molar-refractivity contribution < 1.29 is 4.79 Å². The summed E-state index contributed by atoms with van der Waals surface area (Å²) in [6.07, 6.45) is 3.66. The van der Waals surface area contributed by atoms with E-state index < -0.39 is 6.04 Å². The van der Waals surface area contributed by atoms with Gasteiger partial charge in [0.25, 0.3) is 0 Å². The Morgan fingerprint density at radius 2 is 2.04 bits per heavy atom. The van der Waals surface area contributed by atoms with Crippen LogP contribution >= 0.6 is 23.2 Å². The zero-order chi connectivity index (χ0) is 17.3. The molecule has 0 bridgehead atoms. The molecule has 0 aliphatic carbocycles. The number of fused-ring (bicyclic) bond motifs is 1. The molecule has 0 radical (unpaired) electrons. The van der Waals surface area contributed by atoms with E-state index in [1.54, 1.807) is 42.6 Å². The summed E-state index contributed by atoms with van der Waals surface area (Å²) >= 11 is 12.2. The van der Waals surface area contributed by atoms with Crippen LogP contribution in [0.3, 0.4) is 0 Å². The number of rotatable bonds is 3. The third-order valence-electron chi connectivity index (χ3n) is 3.73. The van der Waals surface area contributed by atoms with Crippen molar-refractivity contribution in [1.29, 1.82) is 0 Å². The first kappa shape index (κ1) is 16.6. The maximum atomic E-state index is 12.4. The first-order valence-electron chi connectivity index (χ1n) is 7.23. The molecule has 1 amide bonds. The van der Waals surface area contributed by atoms with Crippen molar-refractivity contribution >= 4 is 46.6 Å². The van der Waals surface area contributed by atoms with E-state index in [4.69, 9.17) is 28.9 Å². The van der Waals surface area contributed by atoms with E-state index in [-0.39, 0.29) is 5.91 Å². The zero-order valence-electron chi connectivity index (χ0n) is 12.6. The van der Waals surface area contributed by atoms with Crippen LogP contribution in [0.5, 0.6) is 0 Å². The van der Waals surface area contributed by atoms with E-state index in [0.717, 1.165) is 16.8 Å². The fourth-order valence-electron chi connectivity index (χ4n) is 2.46. The molecule has 0 spiro atoms. The third kappa shape index (κ3) is 3.31. The molecule has 1 atom stereocenters. The average molecular weight is 360 g/mol. The summed E-state index contributed by atoms with van der Waals surface area (Å²) in [7, 11) is 0. The van der Waals surface area contributed by atoms with Crippen LogP contribution in [0.25, 0.3) is 11.8 Å². The van der Waals surface area contributed by atoms with E-state index in [9.17, 15) is 4.79 Å². The minimum Gasteiger partial charge on any atom is -0.362 e. The molecule has 1 aliphatic rings. The number of nitrogens with two attached hydrogens (primary N) is 1. The SMILES string of the molecule is C=C1NC=Cc2cc(NC(=O)C(N)c3cccc(Cl)c3)c(Cl)cc21. The first-order valence-corrected chi connectivity index (χ1v) is 7.99. The minimum absolute atomic E-state index is 0.365. The number of amides is 1. The Labute approximate surface area is 150 Å². The lowest BCUT2D eigenvalue weighted by Crippen LogP contribution is -2.28. The molecule has 0 saturated carbocycles. The lowest BCUT2D eigenvalue weighted by atomic mass is 10.0. The number of carbonyl (C=O) groups excluding carboxylic acids is 1. The molecule has 4 nitrogen and oxygen atoms in total. The Hall–Kier alpha value is -2.27. The third-order valence-corrected chi connectivity index (χ3v) is 4.28. The molecular weight excluding hydrogens is 345 g/mol. The lowest BCUT2D eigenvalue weighted by Gasteiger charge is -2.18. The van der Waals surface area contributed by atoms with Crippen LogP contribution in [0.15, 0.2) is 49.2 Å². The summed E-state index contributed by atoms with van der Waals surface area (Å²) in [5.74, 6) is -0.365. The van der Waals surface area contributed by atoms with Gasteiger partial charge in [-0.05, 0) is 41.5 Å². The highest BCUT2D eigenvalue weighted by Gasteiger charge is 2.19. The number of hydrogen-bond donors (Lipinski definition) is 3. The van der Waals surface area contributed by atoms with Crippen molar-refractivity contribution in [2.45, 2.75) is 6.04 Å². The minimum atomic E-state index is -0.844. The largest absolute Gasteiger partial charge is 0.362 e. The Balaban J connectivity index is 1.85. The van der Waals surface area contributed by atoms with Gasteiger partial charge in [-0.25, -0.2) is 0 Å². The van der Waals surface area contributed by atoms with Crippen LogP contribution in [0.1, 0.15) is 22.7 Å². The fourth-order valence-corrected chi connectivity index (χ4v) is 2.87. The maximum absolute atomic E-state index is 12.4. The predicted octanol–water partition coefficient (Wildman–Crippen LogP) is 4.18. The first-order chi connectivity index (χ1) is 11.5. The molecule has 2 aromatic carbocycles. The zero-order valence-corrected chi connectivity index (χ0v) is 14.2. The highest BCUT2D eigenvalue weighted by molar-refractivity contribution is 6.34. The van der Waals surface area contributed by atoms with E-state index in [1.165, 1.54) is 0 Å². The standard InChI is InChI=1S/C18H15Cl2N3O/c1-10-14-9-15(20)16(8-11(14)5-6-22-10)23-18(24)17(21)12-3-2-4-13(19)7-12/h2-9,17,22H,1,21H2,(H,23,24). The molecule has 0 aromatic heterocycles. The smallest absolute Gasteiger partial charge is 0.245 e. The van der Waals surface area contributed by atoms with Gasteiger partial charge in [0, 0.05) is 22.5 Å². The Morgan fingerprint density at radius 1 is 1.25 bits per heavy atom. The van der Waals surface area contributed by atoms with Gasteiger partial charge in [-0.2, -0.15) is 0 Å². The molecule has 24 heavy (non-hydrogen) atoms. The molecule has 4 N–H and O–H groups in total. The Kier molecular flexibility index (Phi) is 4.62. The van der Waals surface area contributed by atoms with E-state index in [1.807, 2.05) is 6.08 Å². The van der Waals surface area contributed by atoms with Crippen molar-refractivity contribution in [3.63, 3.8) is 0 Å². The quantitative estimate of drug-likeness (QED) is 0.769. The highest BCUT2D eigenvalue weighted by atomic mass is 35.5. The van der Waals surface area contributed by atoms with Crippen LogP contribution in [-0.4, -0.2) is 5.91 Å². The van der Waals surface area contributed by atoms with Gasteiger partial charge in [0.15, 0.2) is 0 Å². The van der Waals surface area contributed by atoms with Gasteiger partial charge in [-0.15, -0.1) is 0 Å². The summed E-state index contributed by atoms with van der Waals surface area (Å²) in [4.78, 5) is 12.4. The van der Waals surface area contributed by atoms with Crippen molar-refractivity contribution in [2.75, 3.05) is 5.32 Å². The summed E-state index contributed by atoms with van der Waals surface area (Å²) in [5.41, 5.74) is 9.69. The van der Waals surface area contributed by atoms with E-state index >= 15 is 0 Å². The number of halogens is 2. The monoisotopic (exact) mass is 359 g/mol. The second-order valence-corrected chi connectivity index (χ2v) is 6.24. The topological polar surface area (TPSA) is 67.1 Å². The second-order valence-electron chi connectivity index (χ2n) is 5.40. The van der Waals surface area contributed by atoms with Crippen LogP contribution < -0.4 is 16.4 Å². The predicted molar refractivity (Wildman–Crippen MR) is 99.7 cm³/mol. The van der Waals surface area contributed by atoms with Gasteiger partial charge in [-0.3, -0.25) is 4.79 Å². The average Bonchev–Trinajstić information content (AvgIpc) is 2.56. The summed E-state index contributed by atoms with van der Waals surface area (Å²) < 4.78 is 0. The number of benzene rings is 2. The molecular formula is C18H15Cl2N3O. The maximum Gasteiger partial charge on any atom is 0.245 e. The van der Waals surface area contributed by atoms with Crippen molar-refractivity contribution in [1.82, 2.24) is 5.32 Å². The van der Waals surface area contributed by atoms with Gasteiger partial charge in [0.1, 0.15) is 6.04 Å². The molecule has 3 rings (SSSR count). The molecule has 0 saturated heterocycles. The van der Waals surface area contributed by atoms with Crippen LogP contribution in [0.2, 0.25) is 10.0 Å². The summed E-state index contributed by atoms with van der Waals surface area (Å²) in [6, 6.07) is 9.60. The summed E-state index contributed by atoms with van der Waals surface area (Å²) in [5, 5.41) is 6.73. The van der Waals surface area contributed by atoms with Gasteiger partial charge in [0.05, 0.1) is 10.7 Å². The molecule has 0 fully saturated rings. The van der Waals surface area contributed by atoms with Gasteiger partial charge >= 0.3 is 0 Å².